The van der Waals surface area contributed by atoms with Crippen LogP contribution in [0.1, 0.15) is 11.5 Å². The number of benzene rings is 1. The summed E-state index contributed by atoms with van der Waals surface area (Å²) in [5.41, 5.74) is 1.83. The molecule has 2 heterocycles. The Morgan fingerprint density at radius 1 is 1.19 bits per heavy atom. The Bertz CT molecular complexity index is 858. The van der Waals surface area contributed by atoms with Crippen LogP contribution >= 0.6 is 0 Å². The number of nitrogens with one attached hydrogen (secondary N) is 1. The van der Waals surface area contributed by atoms with E-state index in [0.717, 1.165) is 5.69 Å². The number of nitrogens with zero attached hydrogens (tertiary/aromatic N) is 3. The average Bonchev–Trinajstić information content (AvgIpc) is 2.47. The lowest BCUT2D eigenvalue weighted by Gasteiger charge is -2.06. The molecule has 0 unspecified atom stereocenters. The van der Waals surface area contributed by atoms with Gasteiger partial charge in [0.2, 0.25) is 0 Å². The van der Waals surface area contributed by atoms with Crippen molar-refractivity contribution in [2.75, 3.05) is 7.11 Å². The van der Waals surface area contributed by atoms with E-state index in [2.05, 4.69) is 19.9 Å². The molecule has 1 aromatic carbocycles. The summed E-state index contributed by atoms with van der Waals surface area (Å²) in [6.07, 6.45) is 0. The lowest BCUT2D eigenvalue weighted by atomic mass is 10.2. The summed E-state index contributed by atoms with van der Waals surface area (Å²) in [5, 5.41) is 0.559. The van der Waals surface area contributed by atoms with Crippen LogP contribution < -0.4 is 5.56 Å². The molecule has 0 aliphatic carbocycles. The molecule has 0 spiro atoms. The molecule has 0 fully saturated rings. The van der Waals surface area contributed by atoms with E-state index in [9.17, 15) is 4.79 Å². The number of fused-ring (bicyclic) bond motifs is 1. The van der Waals surface area contributed by atoms with Gasteiger partial charge in [0.15, 0.2) is 11.6 Å². The standard InChI is InChI=1S/C15H14N4O2/c1-9-7-12(17-13(16-9)8-21-2)14-18-11-6-4-3-5-10(11)15(20)19-14/h3-7H,8H2,1-2H3,(H,18,19,20). The van der Waals surface area contributed by atoms with Gasteiger partial charge >= 0.3 is 0 Å². The van der Waals surface area contributed by atoms with E-state index in [-0.39, 0.29) is 5.56 Å². The zero-order valence-corrected chi connectivity index (χ0v) is 11.8. The van der Waals surface area contributed by atoms with Gasteiger partial charge in [0.05, 0.1) is 10.9 Å². The predicted octanol–water partition coefficient (Wildman–Crippen LogP) is 1.83. The van der Waals surface area contributed by atoms with Crippen LogP contribution in [0.15, 0.2) is 35.1 Å². The van der Waals surface area contributed by atoms with Gasteiger partial charge in [-0.05, 0) is 25.1 Å². The third-order valence-corrected chi connectivity index (χ3v) is 3.03. The Morgan fingerprint density at radius 3 is 2.81 bits per heavy atom. The SMILES string of the molecule is COCc1nc(C)cc(-c2nc3ccccc3c(=O)[nH]2)n1. The summed E-state index contributed by atoms with van der Waals surface area (Å²) in [6.45, 7) is 2.18. The topological polar surface area (TPSA) is 80.8 Å². The van der Waals surface area contributed by atoms with E-state index in [1.54, 1.807) is 25.3 Å². The fourth-order valence-corrected chi connectivity index (χ4v) is 2.15. The van der Waals surface area contributed by atoms with Crippen LogP contribution in [0, 0.1) is 6.92 Å². The zero-order chi connectivity index (χ0) is 14.8. The van der Waals surface area contributed by atoms with Crippen LogP contribution in [0.4, 0.5) is 0 Å². The van der Waals surface area contributed by atoms with Gasteiger partial charge in [-0.25, -0.2) is 15.0 Å². The van der Waals surface area contributed by atoms with Crippen LogP contribution in [0.25, 0.3) is 22.4 Å². The van der Waals surface area contributed by atoms with Crippen LogP contribution in [0.5, 0.6) is 0 Å². The van der Waals surface area contributed by atoms with Crippen molar-refractivity contribution in [2.45, 2.75) is 13.5 Å². The molecule has 0 aliphatic heterocycles. The van der Waals surface area contributed by atoms with Crippen LogP contribution in [-0.4, -0.2) is 27.0 Å². The van der Waals surface area contributed by atoms with Crippen molar-refractivity contribution in [1.82, 2.24) is 19.9 Å². The first-order valence-electron chi connectivity index (χ1n) is 6.50. The van der Waals surface area contributed by atoms with Gasteiger partial charge in [-0.15, -0.1) is 0 Å². The first kappa shape index (κ1) is 13.4. The molecular formula is C15H14N4O2. The largest absolute Gasteiger partial charge is 0.377 e. The highest BCUT2D eigenvalue weighted by molar-refractivity contribution is 5.78. The van der Waals surface area contributed by atoms with E-state index in [1.165, 1.54) is 0 Å². The van der Waals surface area contributed by atoms with Crippen molar-refractivity contribution >= 4 is 10.9 Å². The number of aromatic nitrogens is 4. The van der Waals surface area contributed by atoms with Crippen molar-refractivity contribution in [3.8, 4) is 11.5 Å². The lowest BCUT2D eigenvalue weighted by Crippen LogP contribution is -2.11. The minimum absolute atomic E-state index is 0.180. The van der Waals surface area contributed by atoms with Gasteiger partial charge in [-0.1, -0.05) is 12.1 Å². The third kappa shape index (κ3) is 2.66. The molecule has 0 bridgehead atoms. The number of ether oxygens (including phenoxy) is 1. The fourth-order valence-electron chi connectivity index (χ4n) is 2.15. The van der Waals surface area contributed by atoms with Crippen LogP contribution in [0.3, 0.4) is 0 Å². The first-order chi connectivity index (χ1) is 10.2. The number of hydrogen-bond donors (Lipinski definition) is 1. The molecule has 0 radical (unpaired) electrons. The Hall–Kier alpha value is -2.60. The molecule has 6 nitrogen and oxygen atoms in total. The lowest BCUT2D eigenvalue weighted by molar-refractivity contribution is 0.177. The number of methoxy groups -OCH3 is 1. The van der Waals surface area contributed by atoms with Gasteiger partial charge in [-0.3, -0.25) is 4.79 Å². The van der Waals surface area contributed by atoms with Crippen molar-refractivity contribution in [3.05, 3.63) is 52.2 Å². The number of para-hydroxylation sites is 1. The number of H-pyrrole nitrogens is 1. The molecule has 3 aromatic rings. The smallest absolute Gasteiger partial charge is 0.259 e. The fraction of sp³-hybridized carbons (Fsp3) is 0.200. The molecule has 2 aromatic heterocycles. The molecule has 0 amide bonds. The Morgan fingerprint density at radius 2 is 2.00 bits per heavy atom. The maximum atomic E-state index is 12.1. The van der Waals surface area contributed by atoms with E-state index in [4.69, 9.17) is 4.74 Å². The van der Waals surface area contributed by atoms with Gasteiger partial charge < -0.3 is 9.72 Å². The predicted molar refractivity (Wildman–Crippen MR) is 78.8 cm³/mol. The van der Waals surface area contributed by atoms with Crippen LogP contribution in [0.2, 0.25) is 0 Å². The Labute approximate surface area is 120 Å². The Kier molecular flexibility index (Phi) is 3.45. The molecule has 6 heteroatoms. The summed E-state index contributed by atoms with van der Waals surface area (Å²) in [4.78, 5) is 28.0. The molecular weight excluding hydrogens is 268 g/mol. The Balaban J connectivity index is 2.18. The van der Waals surface area contributed by atoms with Gasteiger partial charge in [0.1, 0.15) is 12.3 Å². The van der Waals surface area contributed by atoms with E-state index < -0.39 is 0 Å². The molecule has 3 rings (SSSR count). The maximum Gasteiger partial charge on any atom is 0.259 e. The monoisotopic (exact) mass is 282 g/mol. The van der Waals surface area contributed by atoms with Crippen LogP contribution in [-0.2, 0) is 11.3 Å². The quantitative estimate of drug-likeness (QED) is 0.792. The van der Waals surface area contributed by atoms with Gasteiger partial charge in [-0.2, -0.15) is 0 Å². The van der Waals surface area contributed by atoms with Crippen molar-refractivity contribution in [1.29, 1.82) is 0 Å². The van der Waals surface area contributed by atoms with Crippen molar-refractivity contribution < 1.29 is 4.74 Å². The number of aromatic amines is 1. The van der Waals surface area contributed by atoms with Gasteiger partial charge in [0, 0.05) is 12.8 Å². The molecule has 106 valence electrons. The number of aryl methyl sites for hydroxylation is 1. The van der Waals surface area contributed by atoms with E-state index in [0.29, 0.717) is 34.9 Å². The first-order valence-corrected chi connectivity index (χ1v) is 6.50. The zero-order valence-electron chi connectivity index (χ0n) is 11.8. The third-order valence-electron chi connectivity index (χ3n) is 3.03. The second-order valence-corrected chi connectivity index (χ2v) is 4.68. The molecule has 0 saturated carbocycles. The maximum absolute atomic E-state index is 12.1. The molecule has 1 N–H and O–H groups in total. The normalized spacial score (nSPS) is 11.0. The van der Waals surface area contributed by atoms with E-state index in [1.807, 2.05) is 19.1 Å². The molecule has 21 heavy (non-hydrogen) atoms. The second kappa shape index (κ2) is 5.41. The highest BCUT2D eigenvalue weighted by Crippen LogP contribution is 2.15. The summed E-state index contributed by atoms with van der Waals surface area (Å²) < 4.78 is 5.05. The summed E-state index contributed by atoms with van der Waals surface area (Å²) in [7, 11) is 1.58. The number of rotatable bonds is 3. The summed E-state index contributed by atoms with van der Waals surface area (Å²) >= 11 is 0. The van der Waals surface area contributed by atoms with E-state index >= 15 is 0 Å². The molecule has 0 atom stereocenters. The number of hydrogen-bond acceptors (Lipinski definition) is 5. The minimum Gasteiger partial charge on any atom is -0.377 e. The highest BCUT2D eigenvalue weighted by atomic mass is 16.5. The highest BCUT2D eigenvalue weighted by Gasteiger charge is 2.09. The molecule has 0 saturated heterocycles. The minimum atomic E-state index is -0.180. The van der Waals surface area contributed by atoms with Crippen molar-refractivity contribution in [2.24, 2.45) is 0 Å². The molecule has 0 aliphatic rings. The summed E-state index contributed by atoms with van der Waals surface area (Å²) in [6, 6.07) is 8.99. The van der Waals surface area contributed by atoms with Crippen molar-refractivity contribution in [3.63, 3.8) is 0 Å². The average molecular weight is 282 g/mol. The summed E-state index contributed by atoms with van der Waals surface area (Å²) in [5.74, 6) is 0.991. The van der Waals surface area contributed by atoms with Gasteiger partial charge in [0.25, 0.3) is 5.56 Å². The second-order valence-electron chi connectivity index (χ2n) is 4.68.